The van der Waals surface area contributed by atoms with Crippen LogP contribution in [0.25, 0.3) is 10.9 Å². The molecule has 110 valence electrons. The number of nitrogens with zero attached hydrogens (tertiary/aromatic N) is 3. The van der Waals surface area contributed by atoms with Crippen molar-refractivity contribution in [3.05, 3.63) is 34.9 Å². The van der Waals surface area contributed by atoms with Gasteiger partial charge in [-0.15, -0.1) is 0 Å². The van der Waals surface area contributed by atoms with Crippen LogP contribution in [-0.2, 0) is 4.74 Å². The van der Waals surface area contributed by atoms with E-state index in [0.29, 0.717) is 12.1 Å². The Morgan fingerprint density at radius 3 is 3.05 bits per heavy atom. The molecule has 2 saturated heterocycles. The van der Waals surface area contributed by atoms with E-state index in [4.69, 9.17) is 4.74 Å². The van der Waals surface area contributed by atoms with Crippen molar-refractivity contribution in [2.24, 2.45) is 0 Å². The van der Waals surface area contributed by atoms with E-state index in [9.17, 15) is 0 Å². The molecule has 2 aliphatic heterocycles. The molecule has 1 aromatic heterocycles. The Kier molecular flexibility index (Phi) is 3.36. The minimum atomic E-state index is 0.319. The molecule has 0 N–H and O–H groups in total. The Hall–Kier alpha value is -1.17. The number of anilines is 1. The van der Waals surface area contributed by atoms with Crippen LogP contribution < -0.4 is 4.90 Å². The minimum Gasteiger partial charge on any atom is -0.373 e. The molecule has 2 fully saturated rings. The van der Waals surface area contributed by atoms with Crippen molar-refractivity contribution in [1.82, 2.24) is 9.88 Å². The standard InChI is InChI=1S/C16H18BrN3O/c1-19-6-7-21-16-10-20(9-15(16)19)14-4-5-18-13-3-2-11(17)8-12(13)14/h2-5,8,15-16H,6-7,9-10H2,1H3/t15-,16+/m0/s1. The maximum absolute atomic E-state index is 5.95. The van der Waals surface area contributed by atoms with Gasteiger partial charge in [-0.2, -0.15) is 0 Å². The number of hydrogen-bond donors (Lipinski definition) is 0. The average molecular weight is 348 g/mol. The van der Waals surface area contributed by atoms with Gasteiger partial charge in [0.25, 0.3) is 0 Å². The fourth-order valence-electron chi connectivity index (χ4n) is 3.43. The predicted molar refractivity (Wildman–Crippen MR) is 87.8 cm³/mol. The van der Waals surface area contributed by atoms with Gasteiger partial charge in [-0.25, -0.2) is 0 Å². The average Bonchev–Trinajstić information content (AvgIpc) is 2.92. The van der Waals surface area contributed by atoms with Crippen LogP contribution in [0, 0.1) is 0 Å². The Bertz CT molecular complexity index is 678. The molecule has 5 heteroatoms. The second kappa shape index (κ2) is 5.23. The van der Waals surface area contributed by atoms with E-state index in [1.165, 1.54) is 11.1 Å². The molecule has 2 atom stereocenters. The first-order valence-corrected chi connectivity index (χ1v) is 8.13. The maximum atomic E-state index is 5.95. The van der Waals surface area contributed by atoms with Gasteiger partial charge in [0.05, 0.1) is 24.3 Å². The summed E-state index contributed by atoms with van der Waals surface area (Å²) in [5.41, 5.74) is 2.30. The molecular weight excluding hydrogens is 330 g/mol. The maximum Gasteiger partial charge on any atom is 0.0922 e. The number of hydrogen-bond acceptors (Lipinski definition) is 4. The summed E-state index contributed by atoms with van der Waals surface area (Å²) in [4.78, 5) is 9.33. The van der Waals surface area contributed by atoms with Gasteiger partial charge < -0.3 is 9.64 Å². The van der Waals surface area contributed by atoms with Crippen molar-refractivity contribution in [3.63, 3.8) is 0 Å². The number of pyridine rings is 1. The van der Waals surface area contributed by atoms with Crippen LogP contribution >= 0.6 is 15.9 Å². The Morgan fingerprint density at radius 2 is 2.19 bits per heavy atom. The van der Waals surface area contributed by atoms with Gasteiger partial charge in [-0.1, -0.05) is 15.9 Å². The summed E-state index contributed by atoms with van der Waals surface area (Å²) in [7, 11) is 2.20. The van der Waals surface area contributed by atoms with Crippen molar-refractivity contribution in [2.75, 3.05) is 38.2 Å². The number of likely N-dealkylation sites (N-methyl/N-ethyl adjacent to an activating group) is 1. The molecule has 1 aromatic carbocycles. The Morgan fingerprint density at radius 1 is 1.29 bits per heavy atom. The molecule has 2 aromatic rings. The monoisotopic (exact) mass is 347 g/mol. The normalized spacial score (nSPS) is 26.3. The number of halogens is 1. The molecule has 0 unspecified atom stereocenters. The number of aromatic nitrogens is 1. The number of ether oxygens (including phenoxy) is 1. The zero-order valence-electron chi connectivity index (χ0n) is 12.0. The molecule has 4 nitrogen and oxygen atoms in total. The number of benzene rings is 1. The van der Waals surface area contributed by atoms with Crippen molar-refractivity contribution in [3.8, 4) is 0 Å². The third-order valence-corrected chi connectivity index (χ3v) is 5.09. The molecule has 2 aliphatic rings. The van der Waals surface area contributed by atoms with Gasteiger partial charge in [0.2, 0.25) is 0 Å². The van der Waals surface area contributed by atoms with Gasteiger partial charge in [-0.05, 0) is 31.3 Å². The second-order valence-corrected chi connectivity index (χ2v) is 6.77. The summed E-state index contributed by atoms with van der Waals surface area (Å²) in [6.07, 6.45) is 2.22. The predicted octanol–water partition coefficient (Wildman–Crippen LogP) is 2.52. The van der Waals surface area contributed by atoms with E-state index in [1.807, 2.05) is 12.3 Å². The van der Waals surface area contributed by atoms with Crippen LogP contribution in [0.4, 0.5) is 5.69 Å². The van der Waals surface area contributed by atoms with E-state index in [-0.39, 0.29) is 0 Å². The SMILES string of the molecule is CN1CCO[C@@H]2CN(c3ccnc4ccc(Br)cc34)C[C@@H]21. The van der Waals surface area contributed by atoms with Gasteiger partial charge in [-0.3, -0.25) is 9.88 Å². The lowest BCUT2D eigenvalue weighted by Crippen LogP contribution is -2.48. The van der Waals surface area contributed by atoms with Gasteiger partial charge in [0.1, 0.15) is 0 Å². The largest absolute Gasteiger partial charge is 0.373 e. The summed E-state index contributed by atoms with van der Waals surface area (Å²) in [5, 5.41) is 1.20. The highest BCUT2D eigenvalue weighted by Gasteiger charge is 2.38. The molecule has 3 heterocycles. The first-order valence-electron chi connectivity index (χ1n) is 7.33. The summed E-state index contributed by atoms with van der Waals surface area (Å²) < 4.78 is 7.04. The minimum absolute atomic E-state index is 0.319. The fraction of sp³-hybridized carbons (Fsp3) is 0.438. The van der Waals surface area contributed by atoms with Gasteiger partial charge >= 0.3 is 0 Å². The zero-order valence-corrected chi connectivity index (χ0v) is 13.6. The van der Waals surface area contributed by atoms with Crippen molar-refractivity contribution in [1.29, 1.82) is 0 Å². The number of fused-ring (bicyclic) bond motifs is 2. The summed E-state index contributed by atoms with van der Waals surface area (Å²) in [5.74, 6) is 0. The van der Waals surface area contributed by atoms with Crippen LogP contribution in [0.1, 0.15) is 0 Å². The van der Waals surface area contributed by atoms with Crippen LogP contribution in [0.3, 0.4) is 0 Å². The number of morpholine rings is 1. The zero-order chi connectivity index (χ0) is 14.4. The van der Waals surface area contributed by atoms with Crippen LogP contribution in [0.15, 0.2) is 34.9 Å². The van der Waals surface area contributed by atoms with Gasteiger partial charge in [0.15, 0.2) is 0 Å². The smallest absolute Gasteiger partial charge is 0.0922 e. The molecule has 4 rings (SSSR count). The first-order chi connectivity index (χ1) is 10.2. The Labute approximate surface area is 132 Å². The molecule has 0 amide bonds. The van der Waals surface area contributed by atoms with Crippen molar-refractivity contribution < 1.29 is 4.74 Å². The number of rotatable bonds is 1. The quantitative estimate of drug-likeness (QED) is 0.792. The fourth-order valence-corrected chi connectivity index (χ4v) is 3.80. The molecule has 0 aliphatic carbocycles. The van der Waals surface area contributed by atoms with E-state index >= 15 is 0 Å². The van der Waals surface area contributed by atoms with Crippen LogP contribution in [0.2, 0.25) is 0 Å². The third-order valence-electron chi connectivity index (χ3n) is 4.60. The topological polar surface area (TPSA) is 28.6 Å². The van der Waals surface area contributed by atoms with E-state index in [1.54, 1.807) is 0 Å². The highest BCUT2D eigenvalue weighted by Crippen LogP contribution is 2.32. The summed E-state index contributed by atoms with van der Waals surface area (Å²) in [6, 6.07) is 8.87. The Balaban J connectivity index is 1.72. The van der Waals surface area contributed by atoms with Crippen molar-refractivity contribution in [2.45, 2.75) is 12.1 Å². The lowest BCUT2D eigenvalue weighted by atomic mass is 10.1. The molecule has 0 bridgehead atoms. The highest BCUT2D eigenvalue weighted by molar-refractivity contribution is 9.10. The highest BCUT2D eigenvalue weighted by atomic mass is 79.9. The molecule has 0 spiro atoms. The van der Waals surface area contributed by atoms with E-state index in [0.717, 1.165) is 36.2 Å². The van der Waals surface area contributed by atoms with Gasteiger partial charge in [0, 0.05) is 41.4 Å². The lowest BCUT2D eigenvalue weighted by Gasteiger charge is -2.33. The van der Waals surface area contributed by atoms with E-state index < -0.39 is 0 Å². The molecule has 21 heavy (non-hydrogen) atoms. The third kappa shape index (κ3) is 2.33. The van der Waals surface area contributed by atoms with Crippen LogP contribution in [0.5, 0.6) is 0 Å². The summed E-state index contributed by atoms with van der Waals surface area (Å²) >= 11 is 3.57. The van der Waals surface area contributed by atoms with Crippen molar-refractivity contribution >= 4 is 32.5 Å². The lowest BCUT2D eigenvalue weighted by molar-refractivity contribution is -0.0362. The molecular formula is C16H18BrN3O. The second-order valence-electron chi connectivity index (χ2n) is 5.85. The molecule has 0 saturated carbocycles. The van der Waals surface area contributed by atoms with E-state index in [2.05, 4.69) is 56.0 Å². The first kappa shape index (κ1) is 13.5. The molecule has 0 radical (unpaired) electrons. The summed E-state index contributed by atoms with van der Waals surface area (Å²) in [6.45, 7) is 3.85. The van der Waals surface area contributed by atoms with Crippen LogP contribution in [-0.4, -0.2) is 55.3 Å².